The van der Waals surface area contributed by atoms with Gasteiger partial charge in [-0.3, -0.25) is 0 Å². The second-order valence-electron chi connectivity index (χ2n) is 4.53. The lowest BCUT2D eigenvalue weighted by Crippen LogP contribution is -2.05. The molecule has 3 rings (SSSR count). The minimum atomic E-state index is 0.321. The molecule has 2 heterocycles. The summed E-state index contributed by atoms with van der Waals surface area (Å²) in [5, 5.41) is 0. The molecule has 0 amide bonds. The van der Waals surface area contributed by atoms with Crippen molar-refractivity contribution in [2.24, 2.45) is 4.99 Å². The van der Waals surface area contributed by atoms with Gasteiger partial charge in [0, 0.05) is 11.6 Å². The average Bonchev–Trinajstić information content (AvgIpc) is 3.07. The number of pyridine rings is 1. The lowest BCUT2D eigenvalue weighted by atomic mass is 10.2. The van der Waals surface area contributed by atoms with Crippen LogP contribution in [0.3, 0.4) is 0 Å². The highest BCUT2D eigenvalue weighted by atomic mass is 16.5. The van der Waals surface area contributed by atoms with Gasteiger partial charge in [0.1, 0.15) is 12.3 Å². The lowest BCUT2D eigenvalue weighted by molar-refractivity contribution is 0.314. The van der Waals surface area contributed by atoms with Crippen molar-refractivity contribution in [2.45, 2.75) is 38.1 Å². The van der Waals surface area contributed by atoms with Gasteiger partial charge in [-0.25, -0.2) is 9.98 Å². The highest BCUT2D eigenvalue weighted by molar-refractivity contribution is 5.93. The molecule has 1 aromatic heterocycles. The molecular weight excluding hydrogens is 200 g/mol. The summed E-state index contributed by atoms with van der Waals surface area (Å²) in [6, 6.07) is 6.47. The van der Waals surface area contributed by atoms with E-state index in [-0.39, 0.29) is 0 Å². The largest absolute Gasteiger partial charge is 0.474 e. The quantitative estimate of drug-likeness (QED) is 0.778. The molecule has 0 aromatic carbocycles. The molecule has 1 aromatic rings. The summed E-state index contributed by atoms with van der Waals surface area (Å²) in [5.74, 6) is 1.42. The van der Waals surface area contributed by atoms with Gasteiger partial charge in [-0.2, -0.15) is 0 Å². The summed E-state index contributed by atoms with van der Waals surface area (Å²) in [7, 11) is 0. The van der Waals surface area contributed by atoms with E-state index in [9.17, 15) is 0 Å². The van der Waals surface area contributed by atoms with Gasteiger partial charge in [0.25, 0.3) is 0 Å². The Morgan fingerprint density at radius 1 is 1.38 bits per heavy atom. The molecule has 84 valence electrons. The number of ether oxygens (including phenoxy) is 1. The number of rotatable bonds is 3. The second kappa shape index (κ2) is 3.89. The molecule has 3 heteroatoms. The molecule has 0 N–H and O–H groups in total. The van der Waals surface area contributed by atoms with Crippen molar-refractivity contribution in [3.05, 3.63) is 29.6 Å². The van der Waals surface area contributed by atoms with Crippen LogP contribution in [-0.4, -0.2) is 23.5 Å². The van der Waals surface area contributed by atoms with Crippen molar-refractivity contribution < 1.29 is 4.74 Å². The molecule has 1 fully saturated rings. The number of aliphatic imine (C=N–C) groups is 1. The standard InChI is InChI=1S/C13H16N2O/c1-2-10-8-16-13(14-10)12-5-3-4-11(15-12)9-6-7-9/h3-5,9-10H,2,6-8H2,1H3. The van der Waals surface area contributed by atoms with E-state index in [0.29, 0.717) is 18.6 Å². The summed E-state index contributed by atoms with van der Waals surface area (Å²) in [6.07, 6.45) is 3.59. The molecule has 3 nitrogen and oxygen atoms in total. The van der Waals surface area contributed by atoms with Gasteiger partial charge in [-0.1, -0.05) is 13.0 Å². The van der Waals surface area contributed by atoms with Gasteiger partial charge < -0.3 is 4.74 Å². The first-order valence-electron chi connectivity index (χ1n) is 6.04. The van der Waals surface area contributed by atoms with E-state index in [2.05, 4.69) is 29.0 Å². The Labute approximate surface area is 95.6 Å². The minimum absolute atomic E-state index is 0.321. The molecule has 16 heavy (non-hydrogen) atoms. The molecule has 1 saturated carbocycles. The average molecular weight is 216 g/mol. The third kappa shape index (κ3) is 1.82. The van der Waals surface area contributed by atoms with Crippen molar-refractivity contribution in [1.82, 2.24) is 4.98 Å². The lowest BCUT2D eigenvalue weighted by Gasteiger charge is -2.02. The van der Waals surface area contributed by atoms with E-state index in [1.54, 1.807) is 0 Å². The van der Waals surface area contributed by atoms with Gasteiger partial charge in [-0.05, 0) is 31.4 Å². The summed E-state index contributed by atoms with van der Waals surface area (Å²) < 4.78 is 5.59. The fraction of sp³-hybridized carbons (Fsp3) is 0.538. The first-order valence-corrected chi connectivity index (χ1v) is 6.04. The summed E-state index contributed by atoms with van der Waals surface area (Å²) >= 11 is 0. The fourth-order valence-electron chi connectivity index (χ4n) is 1.94. The van der Waals surface area contributed by atoms with Gasteiger partial charge in [-0.15, -0.1) is 0 Å². The predicted molar refractivity (Wildman–Crippen MR) is 62.8 cm³/mol. The molecule has 0 bridgehead atoms. The Morgan fingerprint density at radius 3 is 2.94 bits per heavy atom. The van der Waals surface area contributed by atoms with E-state index in [0.717, 1.165) is 18.0 Å². The molecule has 2 aliphatic rings. The summed E-state index contributed by atoms with van der Waals surface area (Å²) in [5.41, 5.74) is 2.10. The Morgan fingerprint density at radius 2 is 2.25 bits per heavy atom. The van der Waals surface area contributed by atoms with Crippen LogP contribution >= 0.6 is 0 Å². The van der Waals surface area contributed by atoms with Crippen molar-refractivity contribution in [3.8, 4) is 0 Å². The zero-order chi connectivity index (χ0) is 11.0. The van der Waals surface area contributed by atoms with E-state index in [4.69, 9.17) is 4.74 Å². The maximum absolute atomic E-state index is 5.59. The van der Waals surface area contributed by atoms with Crippen LogP contribution in [0.1, 0.15) is 43.5 Å². The number of hydrogen-bond acceptors (Lipinski definition) is 3. The SMILES string of the molecule is CCC1COC(c2cccc(C3CC3)n2)=N1. The van der Waals surface area contributed by atoms with Crippen molar-refractivity contribution >= 4 is 5.90 Å². The maximum atomic E-state index is 5.59. The molecule has 1 unspecified atom stereocenters. The minimum Gasteiger partial charge on any atom is -0.474 e. The van der Waals surface area contributed by atoms with E-state index >= 15 is 0 Å². The predicted octanol–water partition coefficient (Wildman–Crippen LogP) is 2.51. The molecule has 0 saturated heterocycles. The monoisotopic (exact) mass is 216 g/mol. The summed E-state index contributed by atoms with van der Waals surface area (Å²) in [6.45, 7) is 2.84. The summed E-state index contributed by atoms with van der Waals surface area (Å²) in [4.78, 5) is 9.16. The Hall–Kier alpha value is -1.38. The maximum Gasteiger partial charge on any atom is 0.235 e. The van der Waals surface area contributed by atoms with Crippen LogP contribution in [0, 0.1) is 0 Å². The van der Waals surface area contributed by atoms with E-state index < -0.39 is 0 Å². The van der Waals surface area contributed by atoms with Gasteiger partial charge in [0.15, 0.2) is 0 Å². The molecule has 0 spiro atoms. The molecule has 1 aliphatic carbocycles. The fourth-order valence-corrected chi connectivity index (χ4v) is 1.94. The smallest absolute Gasteiger partial charge is 0.235 e. The second-order valence-corrected chi connectivity index (χ2v) is 4.53. The molecule has 1 atom stereocenters. The third-order valence-corrected chi connectivity index (χ3v) is 3.17. The highest BCUT2D eigenvalue weighted by Gasteiger charge is 2.26. The Kier molecular flexibility index (Phi) is 2.39. The zero-order valence-electron chi connectivity index (χ0n) is 9.52. The van der Waals surface area contributed by atoms with Crippen molar-refractivity contribution in [3.63, 3.8) is 0 Å². The Balaban J connectivity index is 1.86. The van der Waals surface area contributed by atoms with Crippen LogP contribution in [0.15, 0.2) is 23.2 Å². The van der Waals surface area contributed by atoms with Gasteiger partial charge >= 0.3 is 0 Å². The molecular formula is C13H16N2O. The zero-order valence-corrected chi connectivity index (χ0v) is 9.52. The molecule has 1 aliphatic heterocycles. The number of hydrogen-bond donors (Lipinski definition) is 0. The first kappa shape index (κ1) is 9.82. The molecule has 0 radical (unpaired) electrons. The van der Waals surface area contributed by atoms with Crippen LogP contribution in [0.2, 0.25) is 0 Å². The third-order valence-electron chi connectivity index (χ3n) is 3.17. The van der Waals surface area contributed by atoms with Gasteiger partial charge in [0.2, 0.25) is 5.90 Å². The van der Waals surface area contributed by atoms with E-state index in [1.807, 2.05) is 6.07 Å². The van der Waals surface area contributed by atoms with Crippen molar-refractivity contribution in [2.75, 3.05) is 6.61 Å². The first-order chi connectivity index (χ1) is 7.86. The van der Waals surface area contributed by atoms with Crippen LogP contribution in [0.25, 0.3) is 0 Å². The topological polar surface area (TPSA) is 34.5 Å². The van der Waals surface area contributed by atoms with Gasteiger partial charge in [0.05, 0.1) is 6.04 Å². The van der Waals surface area contributed by atoms with Crippen LogP contribution < -0.4 is 0 Å². The van der Waals surface area contributed by atoms with Crippen LogP contribution in [0.4, 0.5) is 0 Å². The number of aromatic nitrogens is 1. The highest BCUT2D eigenvalue weighted by Crippen LogP contribution is 2.38. The normalized spacial score (nSPS) is 24.1. The van der Waals surface area contributed by atoms with Crippen LogP contribution in [-0.2, 0) is 4.74 Å². The van der Waals surface area contributed by atoms with Crippen molar-refractivity contribution in [1.29, 1.82) is 0 Å². The Bertz CT molecular complexity index is 424. The van der Waals surface area contributed by atoms with E-state index in [1.165, 1.54) is 18.5 Å². The number of nitrogens with zero attached hydrogens (tertiary/aromatic N) is 2. The van der Waals surface area contributed by atoms with Crippen LogP contribution in [0.5, 0.6) is 0 Å².